The van der Waals surface area contributed by atoms with Crippen LogP contribution in [0.1, 0.15) is 38.2 Å². The molecule has 7 heteroatoms. The first kappa shape index (κ1) is 29.8. The zero-order valence-corrected chi connectivity index (χ0v) is 24.7. The van der Waals surface area contributed by atoms with E-state index >= 15 is 0 Å². The molecular formula is C34H36ClN3O3. The summed E-state index contributed by atoms with van der Waals surface area (Å²) in [6, 6.07) is 25.0. The summed E-state index contributed by atoms with van der Waals surface area (Å²) in [4.78, 5) is 14.7. The van der Waals surface area contributed by atoms with Crippen LogP contribution in [0.4, 0.5) is 0 Å². The molecule has 0 saturated carbocycles. The van der Waals surface area contributed by atoms with Crippen molar-refractivity contribution in [2.75, 3.05) is 26.7 Å². The Kier molecular flexibility index (Phi) is 10.2. The first-order chi connectivity index (χ1) is 19.7. The van der Waals surface area contributed by atoms with Crippen LogP contribution in [0.15, 0.2) is 84.0 Å². The van der Waals surface area contributed by atoms with Crippen LogP contribution in [0.25, 0.3) is 11.1 Å². The van der Waals surface area contributed by atoms with Crippen LogP contribution in [-0.4, -0.2) is 48.9 Å². The third-order valence-corrected chi connectivity index (χ3v) is 7.35. The van der Waals surface area contributed by atoms with E-state index in [1.807, 2.05) is 37.3 Å². The third-order valence-electron chi connectivity index (χ3n) is 7.04. The predicted molar refractivity (Wildman–Crippen MR) is 167 cm³/mol. The number of aromatic hydroxyl groups is 1. The van der Waals surface area contributed by atoms with Crippen LogP contribution >= 0.6 is 11.6 Å². The van der Waals surface area contributed by atoms with Crippen molar-refractivity contribution in [3.8, 4) is 22.6 Å². The lowest BCUT2D eigenvalue weighted by molar-refractivity contribution is 0.0955. The summed E-state index contributed by atoms with van der Waals surface area (Å²) in [6.07, 6.45) is 2.60. The maximum Gasteiger partial charge on any atom is 0.271 e. The summed E-state index contributed by atoms with van der Waals surface area (Å²) in [7, 11) is 2.12. The molecule has 0 spiro atoms. The number of amides is 1. The fourth-order valence-corrected chi connectivity index (χ4v) is 4.65. The number of likely N-dealkylation sites (N-methyl/N-ethyl adjacent to an activating group) is 1. The number of hydrogen-bond donors (Lipinski definition) is 2. The standard InChI is InChI=1S/C34H36ClN3O3/c1-23-10-11-26(18-24(23)2)14-15-38(4)16-17-41-33-25(3)19-27(20-30(33)28-8-6-5-7-9-28)22-36-37-34(40)29-12-13-32(39)31(35)21-29/h5-13,18-22,39H,14-17H2,1-4H3,(H,37,40)/b36-22+. The summed E-state index contributed by atoms with van der Waals surface area (Å²) in [5, 5.41) is 13.8. The highest BCUT2D eigenvalue weighted by Crippen LogP contribution is 2.34. The van der Waals surface area contributed by atoms with Gasteiger partial charge in [0.1, 0.15) is 18.1 Å². The van der Waals surface area contributed by atoms with E-state index in [1.165, 1.54) is 34.9 Å². The Balaban J connectivity index is 1.42. The summed E-state index contributed by atoms with van der Waals surface area (Å²) in [5.74, 6) is 0.324. The Bertz CT molecular complexity index is 1540. The maximum atomic E-state index is 12.4. The normalized spacial score (nSPS) is 11.3. The van der Waals surface area contributed by atoms with Crippen LogP contribution in [0.5, 0.6) is 11.5 Å². The number of nitrogens with one attached hydrogen (secondary N) is 1. The van der Waals surface area contributed by atoms with Crippen LogP contribution in [-0.2, 0) is 6.42 Å². The van der Waals surface area contributed by atoms with Crippen molar-refractivity contribution in [3.63, 3.8) is 0 Å². The van der Waals surface area contributed by atoms with Crippen molar-refractivity contribution in [1.29, 1.82) is 0 Å². The van der Waals surface area contributed by atoms with Crippen molar-refractivity contribution >= 4 is 23.7 Å². The molecule has 2 N–H and O–H groups in total. The molecule has 0 heterocycles. The molecule has 0 aromatic heterocycles. The lowest BCUT2D eigenvalue weighted by Gasteiger charge is -2.20. The lowest BCUT2D eigenvalue weighted by atomic mass is 9.99. The number of ether oxygens (including phenoxy) is 1. The number of carbonyl (C=O) groups excluding carboxylic acids is 1. The van der Waals surface area contributed by atoms with Gasteiger partial charge in [0.15, 0.2) is 0 Å². The van der Waals surface area contributed by atoms with Crippen LogP contribution in [0, 0.1) is 20.8 Å². The first-order valence-electron chi connectivity index (χ1n) is 13.6. The highest BCUT2D eigenvalue weighted by Gasteiger charge is 2.13. The Labute approximate surface area is 247 Å². The second-order valence-electron chi connectivity index (χ2n) is 10.3. The molecule has 212 valence electrons. The van der Waals surface area contributed by atoms with E-state index in [1.54, 1.807) is 6.21 Å². The summed E-state index contributed by atoms with van der Waals surface area (Å²) < 4.78 is 6.37. The van der Waals surface area contributed by atoms with E-state index < -0.39 is 5.91 Å². The van der Waals surface area contributed by atoms with E-state index in [0.29, 0.717) is 12.2 Å². The largest absolute Gasteiger partial charge is 0.506 e. The predicted octanol–water partition coefficient (Wildman–Crippen LogP) is 6.96. The minimum atomic E-state index is -0.426. The van der Waals surface area contributed by atoms with Gasteiger partial charge in [0.2, 0.25) is 0 Å². The van der Waals surface area contributed by atoms with Gasteiger partial charge in [-0.25, -0.2) is 5.43 Å². The molecule has 0 aliphatic carbocycles. The molecule has 0 aliphatic rings. The van der Waals surface area contributed by atoms with Gasteiger partial charge in [-0.05, 0) is 98.0 Å². The number of phenols is 1. The summed E-state index contributed by atoms with van der Waals surface area (Å²) >= 11 is 5.92. The number of benzene rings is 4. The number of phenolic OH excluding ortho intramolecular Hbond substituents is 1. The highest BCUT2D eigenvalue weighted by molar-refractivity contribution is 6.32. The number of aryl methyl sites for hydroxylation is 3. The van der Waals surface area contributed by atoms with Crippen LogP contribution < -0.4 is 10.2 Å². The number of carbonyl (C=O) groups is 1. The molecule has 0 atom stereocenters. The topological polar surface area (TPSA) is 74.2 Å². The average molecular weight is 570 g/mol. The van der Waals surface area contributed by atoms with E-state index in [2.05, 4.69) is 66.7 Å². The monoisotopic (exact) mass is 569 g/mol. The fourth-order valence-electron chi connectivity index (χ4n) is 4.47. The number of halogens is 1. The molecule has 4 aromatic rings. The Morgan fingerprint density at radius 1 is 0.951 bits per heavy atom. The van der Waals surface area contributed by atoms with Crippen molar-refractivity contribution in [2.24, 2.45) is 5.10 Å². The van der Waals surface area contributed by atoms with Gasteiger partial charge in [0.05, 0.1) is 11.2 Å². The summed E-state index contributed by atoms with van der Waals surface area (Å²) in [6.45, 7) is 8.62. The van der Waals surface area contributed by atoms with Crippen LogP contribution in [0.2, 0.25) is 5.02 Å². The quantitative estimate of drug-likeness (QED) is 0.151. The van der Waals surface area contributed by atoms with Gasteiger partial charge in [-0.15, -0.1) is 0 Å². The Morgan fingerprint density at radius 3 is 2.46 bits per heavy atom. The zero-order chi connectivity index (χ0) is 29.4. The minimum absolute atomic E-state index is 0.0816. The molecule has 0 bridgehead atoms. The molecule has 0 radical (unpaired) electrons. The molecule has 0 saturated heterocycles. The highest BCUT2D eigenvalue weighted by atomic mass is 35.5. The van der Waals surface area contributed by atoms with Gasteiger partial charge in [0.25, 0.3) is 5.91 Å². The van der Waals surface area contributed by atoms with Gasteiger partial charge >= 0.3 is 0 Å². The van der Waals surface area contributed by atoms with E-state index in [4.69, 9.17) is 16.3 Å². The van der Waals surface area contributed by atoms with Crippen molar-refractivity contribution < 1.29 is 14.6 Å². The van der Waals surface area contributed by atoms with Crippen LogP contribution in [0.3, 0.4) is 0 Å². The third kappa shape index (κ3) is 8.19. The first-order valence-corrected chi connectivity index (χ1v) is 14.0. The molecule has 1 amide bonds. The summed E-state index contributed by atoms with van der Waals surface area (Å²) in [5.41, 5.74) is 10.6. The Hall–Kier alpha value is -4.13. The lowest BCUT2D eigenvalue weighted by Crippen LogP contribution is -2.26. The molecule has 6 nitrogen and oxygen atoms in total. The molecule has 0 aliphatic heterocycles. The average Bonchev–Trinajstić information content (AvgIpc) is 2.96. The maximum absolute atomic E-state index is 12.4. The molecular weight excluding hydrogens is 534 g/mol. The molecule has 0 fully saturated rings. The van der Waals surface area contributed by atoms with Gasteiger partial charge in [-0.3, -0.25) is 4.79 Å². The molecule has 4 rings (SSSR count). The van der Waals surface area contributed by atoms with Crippen molar-refractivity contribution in [3.05, 3.63) is 117 Å². The van der Waals surface area contributed by atoms with E-state index in [9.17, 15) is 9.90 Å². The smallest absolute Gasteiger partial charge is 0.271 e. The van der Waals surface area contributed by atoms with E-state index in [-0.39, 0.29) is 10.8 Å². The van der Waals surface area contributed by atoms with Gasteiger partial charge in [0, 0.05) is 24.2 Å². The molecule has 4 aromatic carbocycles. The van der Waals surface area contributed by atoms with E-state index in [0.717, 1.165) is 47.5 Å². The molecule has 0 unspecified atom stereocenters. The number of hydrogen-bond acceptors (Lipinski definition) is 5. The zero-order valence-electron chi connectivity index (χ0n) is 23.9. The second-order valence-corrected chi connectivity index (χ2v) is 10.7. The second kappa shape index (κ2) is 14.0. The van der Waals surface area contributed by atoms with Gasteiger partial charge in [-0.2, -0.15) is 5.10 Å². The van der Waals surface area contributed by atoms with Crippen molar-refractivity contribution in [1.82, 2.24) is 10.3 Å². The van der Waals surface area contributed by atoms with Gasteiger partial charge < -0.3 is 14.7 Å². The van der Waals surface area contributed by atoms with Crippen molar-refractivity contribution in [2.45, 2.75) is 27.2 Å². The number of nitrogens with zero attached hydrogens (tertiary/aromatic N) is 2. The van der Waals surface area contributed by atoms with Gasteiger partial charge in [-0.1, -0.05) is 60.1 Å². The number of hydrazone groups is 1. The Morgan fingerprint density at radius 2 is 1.73 bits per heavy atom. The minimum Gasteiger partial charge on any atom is -0.506 e. The SMILES string of the molecule is Cc1ccc(CCN(C)CCOc2c(C)cc(/C=N/NC(=O)c3ccc(O)c(Cl)c3)cc2-c2ccccc2)cc1C. The fraction of sp³-hybridized carbons (Fsp3) is 0.235. The number of rotatable bonds is 11. The molecule has 41 heavy (non-hydrogen) atoms.